The van der Waals surface area contributed by atoms with Crippen LogP contribution in [-0.2, 0) is 14.3 Å². The summed E-state index contributed by atoms with van der Waals surface area (Å²) < 4.78 is 4.21. The topological polar surface area (TPSA) is 83.8 Å². The van der Waals surface area contributed by atoms with Crippen LogP contribution >= 0.6 is 0 Å². The fourth-order valence-corrected chi connectivity index (χ4v) is 0.593. The van der Waals surface area contributed by atoms with E-state index in [4.69, 9.17) is 10.2 Å². The number of aliphatic carboxylic acids is 1. The van der Waals surface area contributed by atoms with Crippen LogP contribution in [0.3, 0.4) is 0 Å². The molecule has 5 heteroatoms. The Morgan fingerprint density at radius 2 is 2.27 bits per heavy atom. The minimum atomic E-state index is -1.19. The van der Waals surface area contributed by atoms with Crippen LogP contribution in [0, 0.1) is 0 Å². The van der Waals surface area contributed by atoms with E-state index < -0.39 is 12.1 Å². The molecular formula is C6H10O5. The van der Waals surface area contributed by atoms with Gasteiger partial charge in [0.05, 0.1) is 0 Å². The zero-order valence-corrected chi connectivity index (χ0v) is 5.90. The van der Waals surface area contributed by atoms with Crippen molar-refractivity contribution in [3.05, 3.63) is 0 Å². The molecule has 0 rings (SSSR count). The Kier molecular flexibility index (Phi) is 5.10. The maximum atomic E-state index is 10.2. The van der Waals surface area contributed by atoms with Gasteiger partial charge < -0.3 is 14.9 Å². The van der Waals surface area contributed by atoms with Gasteiger partial charge in [-0.2, -0.15) is 0 Å². The maximum Gasteiger partial charge on any atom is 0.345 e. The Morgan fingerprint density at radius 3 is 2.64 bits per heavy atom. The summed E-state index contributed by atoms with van der Waals surface area (Å²) >= 11 is 0. The van der Waals surface area contributed by atoms with E-state index >= 15 is 0 Å². The number of carbonyl (C=O) groups is 2. The number of aliphatic hydroxyl groups excluding tert-OH is 1. The van der Waals surface area contributed by atoms with Crippen molar-refractivity contribution >= 4 is 12.4 Å². The molecule has 0 aromatic heterocycles. The highest BCUT2D eigenvalue weighted by Crippen LogP contribution is 2.00. The van der Waals surface area contributed by atoms with E-state index in [0.29, 0.717) is 6.42 Å². The average Bonchev–Trinajstić information content (AvgIpc) is 1.97. The molecule has 0 aliphatic rings. The number of carboxylic acids is 1. The van der Waals surface area contributed by atoms with Gasteiger partial charge in [0, 0.05) is 6.61 Å². The van der Waals surface area contributed by atoms with Gasteiger partial charge in [-0.3, -0.25) is 4.79 Å². The molecule has 0 aliphatic carbocycles. The molecule has 0 aromatic carbocycles. The number of rotatable bonds is 6. The fourth-order valence-electron chi connectivity index (χ4n) is 0.593. The first kappa shape index (κ1) is 9.90. The van der Waals surface area contributed by atoms with Gasteiger partial charge in [0.25, 0.3) is 6.47 Å². The molecule has 11 heavy (non-hydrogen) atoms. The summed E-state index contributed by atoms with van der Waals surface area (Å²) in [6, 6.07) is 0. The molecule has 0 fully saturated rings. The SMILES string of the molecule is O=COC(CCCO)C(=O)O. The molecule has 0 aromatic rings. The zero-order valence-electron chi connectivity index (χ0n) is 5.90. The molecular weight excluding hydrogens is 152 g/mol. The van der Waals surface area contributed by atoms with Crippen molar-refractivity contribution < 1.29 is 24.5 Å². The Morgan fingerprint density at radius 1 is 1.64 bits per heavy atom. The summed E-state index contributed by atoms with van der Waals surface area (Å²) in [4.78, 5) is 20.0. The molecule has 0 aliphatic heterocycles. The fraction of sp³-hybridized carbons (Fsp3) is 0.667. The Hall–Kier alpha value is -1.10. The smallest absolute Gasteiger partial charge is 0.345 e. The lowest BCUT2D eigenvalue weighted by Gasteiger charge is -2.07. The van der Waals surface area contributed by atoms with Crippen LogP contribution in [0.5, 0.6) is 0 Å². The molecule has 0 saturated heterocycles. The quantitative estimate of drug-likeness (QED) is 0.509. The average molecular weight is 162 g/mol. The summed E-state index contributed by atoms with van der Waals surface area (Å²) in [5, 5.41) is 16.7. The van der Waals surface area contributed by atoms with Crippen molar-refractivity contribution in [1.29, 1.82) is 0 Å². The molecule has 1 unspecified atom stereocenters. The number of carboxylic acid groups (broad SMARTS) is 1. The molecule has 0 saturated carbocycles. The molecule has 64 valence electrons. The molecule has 0 spiro atoms. The highest BCUT2D eigenvalue weighted by Gasteiger charge is 2.16. The van der Waals surface area contributed by atoms with Crippen molar-refractivity contribution in [2.75, 3.05) is 6.61 Å². The third-order valence-electron chi connectivity index (χ3n) is 1.12. The van der Waals surface area contributed by atoms with Crippen LogP contribution in [0.1, 0.15) is 12.8 Å². The largest absolute Gasteiger partial charge is 0.479 e. The van der Waals surface area contributed by atoms with Crippen molar-refractivity contribution in [3.63, 3.8) is 0 Å². The molecule has 2 N–H and O–H groups in total. The first-order valence-corrected chi connectivity index (χ1v) is 3.15. The van der Waals surface area contributed by atoms with Crippen LogP contribution < -0.4 is 0 Å². The molecule has 0 heterocycles. The first-order chi connectivity index (χ1) is 5.22. The van der Waals surface area contributed by atoms with E-state index in [1.807, 2.05) is 0 Å². The Labute approximate surface area is 63.6 Å². The summed E-state index contributed by atoms with van der Waals surface area (Å²) in [6.07, 6.45) is -0.672. The van der Waals surface area contributed by atoms with Gasteiger partial charge >= 0.3 is 5.97 Å². The number of hydrogen-bond acceptors (Lipinski definition) is 4. The highest BCUT2D eigenvalue weighted by atomic mass is 16.5. The van der Waals surface area contributed by atoms with Gasteiger partial charge in [0.2, 0.25) is 0 Å². The van der Waals surface area contributed by atoms with Gasteiger partial charge in [0.1, 0.15) is 0 Å². The predicted octanol–water partition coefficient (Wildman–Crippen LogP) is -0.615. The van der Waals surface area contributed by atoms with E-state index in [2.05, 4.69) is 4.74 Å². The normalized spacial score (nSPS) is 12.1. The summed E-state index contributed by atoms with van der Waals surface area (Å²) in [6.45, 7) is -0.0117. The zero-order chi connectivity index (χ0) is 8.69. The first-order valence-electron chi connectivity index (χ1n) is 3.15. The second-order valence-electron chi connectivity index (χ2n) is 1.93. The number of hydrogen-bond donors (Lipinski definition) is 2. The van der Waals surface area contributed by atoms with Crippen LogP contribution in [-0.4, -0.2) is 35.4 Å². The van der Waals surface area contributed by atoms with Crippen LogP contribution in [0.4, 0.5) is 0 Å². The van der Waals surface area contributed by atoms with E-state index in [9.17, 15) is 9.59 Å². The third-order valence-corrected chi connectivity index (χ3v) is 1.12. The highest BCUT2D eigenvalue weighted by molar-refractivity contribution is 5.73. The molecule has 0 bridgehead atoms. The van der Waals surface area contributed by atoms with Gasteiger partial charge in [0.15, 0.2) is 6.10 Å². The van der Waals surface area contributed by atoms with Crippen molar-refractivity contribution in [2.24, 2.45) is 0 Å². The second kappa shape index (κ2) is 5.67. The predicted molar refractivity (Wildman–Crippen MR) is 34.9 cm³/mol. The van der Waals surface area contributed by atoms with Gasteiger partial charge in [-0.15, -0.1) is 0 Å². The van der Waals surface area contributed by atoms with Gasteiger partial charge in [-0.25, -0.2) is 4.79 Å². The van der Waals surface area contributed by atoms with Crippen molar-refractivity contribution in [3.8, 4) is 0 Å². The number of aliphatic hydroxyl groups is 1. The minimum absolute atomic E-state index is 0.0934. The summed E-state index contributed by atoms with van der Waals surface area (Å²) in [5.41, 5.74) is 0. The monoisotopic (exact) mass is 162 g/mol. The van der Waals surface area contributed by atoms with Crippen LogP contribution in [0.25, 0.3) is 0 Å². The lowest BCUT2D eigenvalue weighted by Crippen LogP contribution is -2.23. The van der Waals surface area contributed by atoms with Crippen LogP contribution in [0.15, 0.2) is 0 Å². The third kappa shape index (κ3) is 4.32. The van der Waals surface area contributed by atoms with Crippen LogP contribution in [0.2, 0.25) is 0 Å². The van der Waals surface area contributed by atoms with Crippen molar-refractivity contribution in [1.82, 2.24) is 0 Å². The minimum Gasteiger partial charge on any atom is -0.479 e. The summed E-state index contributed by atoms with van der Waals surface area (Å²) in [7, 11) is 0. The lowest BCUT2D eigenvalue weighted by molar-refractivity contribution is -0.156. The lowest BCUT2D eigenvalue weighted by atomic mass is 10.2. The standard InChI is InChI=1S/C6H10O5/c7-3-1-2-5(6(9)10)11-4-8/h4-5,7H,1-3H2,(H,9,10). The molecule has 1 atom stereocenters. The van der Waals surface area contributed by atoms with E-state index in [1.165, 1.54) is 0 Å². The molecule has 0 radical (unpaired) electrons. The second-order valence-corrected chi connectivity index (χ2v) is 1.93. The molecule has 0 amide bonds. The van der Waals surface area contributed by atoms with E-state index in [-0.39, 0.29) is 19.5 Å². The summed E-state index contributed by atoms with van der Waals surface area (Å²) in [5.74, 6) is -1.19. The van der Waals surface area contributed by atoms with Crippen molar-refractivity contribution in [2.45, 2.75) is 18.9 Å². The maximum absolute atomic E-state index is 10.2. The van der Waals surface area contributed by atoms with Gasteiger partial charge in [-0.1, -0.05) is 0 Å². The Bertz CT molecular complexity index is 133. The molecule has 5 nitrogen and oxygen atoms in total. The van der Waals surface area contributed by atoms with E-state index in [1.54, 1.807) is 0 Å². The number of carbonyl (C=O) groups excluding carboxylic acids is 1. The van der Waals surface area contributed by atoms with E-state index in [0.717, 1.165) is 0 Å². The van der Waals surface area contributed by atoms with Gasteiger partial charge in [-0.05, 0) is 12.8 Å². The Balaban J connectivity index is 3.69. The number of ether oxygens (including phenoxy) is 1.